The number of nitrogens with zero attached hydrogens (tertiary/aromatic N) is 2. The normalized spacial score (nSPS) is 10.5. The number of aromatic nitrogens is 3. The SMILES string of the molecule is Nc1ncc(CCc2cccc(Cl)n2)[nH]1. The van der Waals surface area contributed by atoms with Crippen molar-refractivity contribution in [3.8, 4) is 0 Å². The maximum absolute atomic E-state index is 5.78. The van der Waals surface area contributed by atoms with Gasteiger partial charge in [-0.15, -0.1) is 0 Å². The topological polar surface area (TPSA) is 67.6 Å². The minimum atomic E-state index is 0.448. The number of pyridine rings is 1. The highest BCUT2D eigenvalue weighted by Crippen LogP contribution is 2.08. The second-order valence-electron chi connectivity index (χ2n) is 3.25. The average molecular weight is 223 g/mol. The highest BCUT2D eigenvalue weighted by Gasteiger charge is 2.00. The fourth-order valence-corrected chi connectivity index (χ4v) is 1.54. The monoisotopic (exact) mass is 222 g/mol. The third kappa shape index (κ3) is 2.70. The third-order valence-electron chi connectivity index (χ3n) is 2.07. The van der Waals surface area contributed by atoms with Crippen LogP contribution in [-0.2, 0) is 12.8 Å². The lowest BCUT2D eigenvalue weighted by Gasteiger charge is -1.99. The molecule has 0 unspecified atom stereocenters. The number of nitrogens with one attached hydrogen (secondary N) is 1. The molecule has 0 atom stereocenters. The van der Waals surface area contributed by atoms with E-state index in [0.29, 0.717) is 11.1 Å². The van der Waals surface area contributed by atoms with Crippen LogP contribution in [0.4, 0.5) is 5.95 Å². The molecule has 0 aliphatic carbocycles. The molecule has 0 bridgehead atoms. The summed E-state index contributed by atoms with van der Waals surface area (Å²) in [7, 11) is 0. The second-order valence-corrected chi connectivity index (χ2v) is 3.63. The third-order valence-corrected chi connectivity index (χ3v) is 2.28. The number of anilines is 1. The van der Waals surface area contributed by atoms with E-state index in [1.165, 1.54) is 0 Å². The molecular weight excluding hydrogens is 212 g/mol. The van der Waals surface area contributed by atoms with Gasteiger partial charge in [-0.3, -0.25) is 0 Å². The van der Waals surface area contributed by atoms with Crippen LogP contribution in [0, 0.1) is 0 Å². The Morgan fingerprint density at radius 2 is 2.20 bits per heavy atom. The largest absolute Gasteiger partial charge is 0.369 e. The second kappa shape index (κ2) is 4.31. The molecular formula is C10H11ClN4. The molecule has 0 fully saturated rings. The van der Waals surface area contributed by atoms with Gasteiger partial charge in [0.15, 0.2) is 5.95 Å². The van der Waals surface area contributed by atoms with Crippen molar-refractivity contribution < 1.29 is 0 Å². The van der Waals surface area contributed by atoms with Crippen LogP contribution >= 0.6 is 11.6 Å². The Hall–Kier alpha value is -1.55. The summed E-state index contributed by atoms with van der Waals surface area (Å²) in [5.74, 6) is 0.448. The zero-order valence-electron chi connectivity index (χ0n) is 8.07. The molecule has 2 aromatic heterocycles. The van der Waals surface area contributed by atoms with Gasteiger partial charge in [0.25, 0.3) is 0 Å². The number of H-pyrrole nitrogens is 1. The van der Waals surface area contributed by atoms with Crippen molar-refractivity contribution in [1.29, 1.82) is 0 Å². The zero-order valence-corrected chi connectivity index (χ0v) is 8.83. The van der Waals surface area contributed by atoms with E-state index >= 15 is 0 Å². The van der Waals surface area contributed by atoms with Gasteiger partial charge in [-0.25, -0.2) is 9.97 Å². The highest BCUT2D eigenvalue weighted by molar-refractivity contribution is 6.29. The number of imidazole rings is 1. The number of hydrogen-bond donors (Lipinski definition) is 2. The fourth-order valence-electron chi connectivity index (χ4n) is 1.36. The molecule has 2 heterocycles. The van der Waals surface area contributed by atoms with Gasteiger partial charge in [-0.1, -0.05) is 17.7 Å². The van der Waals surface area contributed by atoms with Crippen LogP contribution in [0.25, 0.3) is 0 Å². The van der Waals surface area contributed by atoms with Crippen molar-refractivity contribution in [3.63, 3.8) is 0 Å². The van der Waals surface area contributed by atoms with E-state index in [1.54, 1.807) is 12.3 Å². The van der Waals surface area contributed by atoms with Crippen molar-refractivity contribution in [2.45, 2.75) is 12.8 Å². The van der Waals surface area contributed by atoms with Crippen molar-refractivity contribution >= 4 is 17.5 Å². The predicted molar refractivity (Wildman–Crippen MR) is 59.7 cm³/mol. The van der Waals surface area contributed by atoms with E-state index in [1.807, 2.05) is 12.1 Å². The average Bonchev–Trinajstić information content (AvgIpc) is 2.62. The Kier molecular flexibility index (Phi) is 2.87. The molecule has 2 aromatic rings. The van der Waals surface area contributed by atoms with Gasteiger partial charge in [0, 0.05) is 11.4 Å². The van der Waals surface area contributed by atoms with Gasteiger partial charge in [0.2, 0.25) is 0 Å². The number of aromatic amines is 1. The minimum Gasteiger partial charge on any atom is -0.369 e. The minimum absolute atomic E-state index is 0.448. The van der Waals surface area contributed by atoms with Crippen LogP contribution in [0.15, 0.2) is 24.4 Å². The lowest BCUT2D eigenvalue weighted by Crippen LogP contribution is -1.95. The summed E-state index contributed by atoms with van der Waals surface area (Å²) in [6, 6.07) is 5.61. The van der Waals surface area contributed by atoms with Crippen LogP contribution in [-0.4, -0.2) is 15.0 Å². The van der Waals surface area contributed by atoms with Gasteiger partial charge in [0.05, 0.1) is 6.20 Å². The summed E-state index contributed by atoms with van der Waals surface area (Å²) in [4.78, 5) is 11.1. The van der Waals surface area contributed by atoms with Gasteiger partial charge >= 0.3 is 0 Å². The summed E-state index contributed by atoms with van der Waals surface area (Å²) in [6.45, 7) is 0. The van der Waals surface area contributed by atoms with Crippen LogP contribution in [0.1, 0.15) is 11.4 Å². The number of nitrogens with two attached hydrogens (primary N) is 1. The molecule has 0 amide bonds. The van der Waals surface area contributed by atoms with Gasteiger partial charge in [0.1, 0.15) is 5.15 Å². The van der Waals surface area contributed by atoms with Crippen LogP contribution in [0.2, 0.25) is 5.15 Å². The number of aryl methyl sites for hydroxylation is 2. The molecule has 0 spiro atoms. The molecule has 3 N–H and O–H groups in total. The summed E-state index contributed by atoms with van der Waals surface area (Å²) in [6.07, 6.45) is 3.39. The first kappa shape index (κ1) is 9.98. The smallest absolute Gasteiger partial charge is 0.197 e. The van der Waals surface area contributed by atoms with Crippen molar-refractivity contribution in [3.05, 3.63) is 40.9 Å². The van der Waals surface area contributed by atoms with Gasteiger partial charge in [-0.05, 0) is 25.0 Å². The summed E-state index contributed by atoms with van der Waals surface area (Å²) >= 11 is 5.78. The Balaban J connectivity index is 1.99. The zero-order chi connectivity index (χ0) is 10.7. The lowest BCUT2D eigenvalue weighted by atomic mass is 10.2. The van der Waals surface area contributed by atoms with Gasteiger partial charge < -0.3 is 10.7 Å². The number of rotatable bonds is 3. The standard InChI is InChI=1S/C10H11ClN4/c11-9-3-1-2-7(14-9)4-5-8-6-13-10(12)15-8/h1-3,6H,4-5H2,(H3,12,13,15). The molecule has 0 saturated carbocycles. The molecule has 2 rings (SSSR count). The lowest BCUT2D eigenvalue weighted by molar-refractivity contribution is 0.889. The van der Waals surface area contributed by atoms with E-state index in [2.05, 4.69) is 15.0 Å². The highest BCUT2D eigenvalue weighted by atomic mass is 35.5. The van der Waals surface area contributed by atoms with Crippen LogP contribution in [0.5, 0.6) is 0 Å². The first-order valence-electron chi connectivity index (χ1n) is 4.65. The fraction of sp³-hybridized carbons (Fsp3) is 0.200. The van der Waals surface area contributed by atoms with E-state index in [9.17, 15) is 0 Å². The maximum Gasteiger partial charge on any atom is 0.197 e. The Morgan fingerprint density at radius 1 is 1.33 bits per heavy atom. The number of hydrogen-bond acceptors (Lipinski definition) is 3. The molecule has 0 saturated heterocycles. The van der Waals surface area contributed by atoms with Crippen molar-refractivity contribution in [1.82, 2.24) is 15.0 Å². The molecule has 0 aliphatic rings. The van der Waals surface area contributed by atoms with Gasteiger partial charge in [-0.2, -0.15) is 0 Å². The molecule has 0 aliphatic heterocycles. The van der Waals surface area contributed by atoms with E-state index in [0.717, 1.165) is 24.2 Å². The molecule has 0 aromatic carbocycles. The van der Waals surface area contributed by atoms with E-state index < -0.39 is 0 Å². The predicted octanol–water partition coefficient (Wildman–Crippen LogP) is 1.83. The first-order valence-corrected chi connectivity index (χ1v) is 5.02. The Bertz CT molecular complexity index is 452. The summed E-state index contributed by atoms with van der Waals surface area (Å²) < 4.78 is 0. The van der Waals surface area contributed by atoms with E-state index in [4.69, 9.17) is 17.3 Å². The molecule has 5 heteroatoms. The molecule has 78 valence electrons. The first-order chi connectivity index (χ1) is 7.24. The Morgan fingerprint density at radius 3 is 2.87 bits per heavy atom. The molecule has 4 nitrogen and oxygen atoms in total. The Labute approximate surface area is 92.5 Å². The van der Waals surface area contributed by atoms with Crippen LogP contribution in [0.3, 0.4) is 0 Å². The quantitative estimate of drug-likeness (QED) is 0.779. The van der Waals surface area contributed by atoms with E-state index in [-0.39, 0.29) is 0 Å². The summed E-state index contributed by atoms with van der Waals surface area (Å²) in [5.41, 5.74) is 7.45. The van der Waals surface area contributed by atoms with Crippen LogP contribution < -0.4 is 5.73 Å². The maximum atomic E-state index is 5.78. The number of halogens is 1. The van der Waals surface area contributed by atoms with Crippen molar-refractivity contribution in [2.24, 2.45) is 0 Å². The number of nitrogen functional groups attached to an aromatic ring is 1. The van der Waals surface area contributed by atoms with Crippen molar-refractivity contribution in [2.75, 3.05) is 5.73 Å². The molecule has 0 radical (unpaired) electrons. The molecule has 15 heavy (non-hydrogen) atoms. The summed E-state index contributed by atoms with van der Waals surface area (Å²) in [5, 5.41) is 0.525.